The van der Waals surface area contributed by atoms with Crippen molar-refractivity contribution in [2.24, 2.45) is 5.92 Å². The number of halogens is 1. The van der Waals surface area contributed by atoms with Crippen molar-refractivity contribution in [1.82, 2.24) is 14.3 Å². The van der Waals surface area contributed by atoms with Gasteiger partial charge in [-0.1, -0.05) is 29.8 Å². The fourth-order valence-corrected chi connectivity index (χ4v) is 3.78. The summed E-state index contributed by atoms with van der Waals surface area (Å²) in [6.45, 7) is 2.08. The molecule has 1 aromatic carbocycles. The van der Waals surface area contributed by atoms with Gasteiger partial charge in [0, 0.05) is 31.0 Å². The highest BCUT2D eigenvalue weighted by Gasteiger charge is 2.26. The van der Waals surface area contributed by atoms with E-state index in [0.29, 0.717) is 29.5 Å². The van der Waals surface area contributed by atoms with Crippen LogP contribution in [-0.2, 0) is 11.3 Å². The summed E-state index contributed by atoms with van der Waals surface area (Å²) in [5.74, 6) is -0.0357. The summed E-state index contributed by atoms with van der Waals surface area (Å²) in [6, 6.07) is 14.5. The van der Waals surface area contributed by atoms with Crippen LogP contribution in [-0.4, -0.2) is 33.3 Å². The summed E-state index contributed by atoms with van der Waals surface area (Å²) in [6.07, 6.45) is 3.37. The van der Waals surface area contributed by atoms with Crippen molar-refractivity contribution < 1.29 is 4.79 Å². The molecule has 0 spiro atoms. The number of aromatic nitrogens is 2. The number of pyridine rings is 1. The summed E-state index contributed by atoms with van der Waals surface area (Å²) >= 11 is 5.96. The predicted molar refractivity (Wildman–Crippen MR) is 110 cm³/mol. The molecule has 1 atom stereocenters. The van der Waals surface area contributed by atoms with Crippen LogP contribution in [0, 0.1) is 5.92 Å². The summed E-state index contributed by atoms with van der Waals surface area (Å²) in [4.78, 5) is 31.7. The zero-order valence-corrected chi connectivity index (χ0v) is 16.1. The molecule has 0 radical (unpaired) electrons. The van der Waals surface area contributed by atoms with E-state index in [1.54, 1.807) is 18.3 Å². The maximum Gasteiger partial charge on any atom is 0.258 e. The lowest BCUT2D eigenvalue weighted by Crippen LogP contribution is -2.40. The number of amides is 1. The van der Waals surface area contributed by atoms with Crippen LogP contribution < -0.4 is 10.9 Å². The Morgan fingerprint density at radius 3 is 2.86 bits per heavy atom. The monoisotopic (exact) mass is 396 g/mol. The molecule has 28 heavy (non-hydrogen) atoms. The lowest BCUT2D eigenvalue weighted by atomic mass is 9.97. The van der Waals surface area contributed by atoms with Crippen LogP contribution in [0.1, 0.15) is 18.5 Å². The number of benzene rings is 1. The Morgan fingerprint density at radius 1 is 1.21 bits per heavy atom. The number of hydrogen-bond donors (Lipinski definition) is 1. The molecule has 1 saturated heterocycles. The topological polar surface area (TPSA) is 66.7 Å². The highest BCUT2D eigenvalue weighted by atomic mass is 35.5. The molecule has 1 fully saturated rings. The summed E-state index contributed by atoms with van der Waals surface area (Å²) in [5, 5.41) is 3.48. The molecule has 2 aromatic heterocycles. The molecule has 3 heterocycles. The third-order valence-corrected chi connectivity index (χ3v) is 5.20. The number of rotatable bonds is 4. The van der Waals surface area contributed by atoms with Gasteiger partial charge in [-0.25, -0.2) is 4.98 Å². The standard InChI is InChI=1S/C21H21ClN4O2/c22-16-8-9-19-23-18(11-20(27)26(19)13-16)14-25-10-4-5-15(12-25)21(28)24-17-6-2-1-3-7-17/h1-3,6-9,11,13,15H,4-5,10,12,14H2,(H,24,28). The molecule has 3 aromatic rings. The molecule has 1 unspecified atom stereocenters. The zero-order chi connectivity index (χ0) is 19.5. The number of likely N-dealkylation sites (tertiary alicyclic amines) is 1. The maximum atomic E-state index is 12.6. The van der Waals surface area contributed by atoms with Crippen LogP contribution >= 0.6 is 11.6 Å². The largest absolute Gasteiger partial charge is 0.326 e. The molecule has 1 aliphatic heterocycles. The number of piperidine rings is 1. The average Bonchev–Trinajstić information content (AvgIpc) is 2.70. The van der Waals surface area contributed by atoms with Gasteiger partial charge in [-0.2, -0.15) is 0 Å². The van der Waals surface area contributed by atoms with E-state index in [0.717, 1.165) is 25.1 Å². The number of carbonyl (C=O) groups is 1. The number of nitrogens with zero attached hydrogens (tertiary/aromatic N) is 3. The van der Waals surface area contributed by atoms with E-state index in [1.165, 1.54) is 10.5 Å². The van der Waals surface area contributed by atoms with E-state index in [4.69, 9.17) is 11.6 Å². The van der Waals surface area contributed by atoms with Gasteiger partial charge in [-0.15, -0.1) is 0 Å². The first kappa shape index (κ1) is 18.7. The minimum atomic E-state index is -0.155. The van der Waals surface area contributed by atoms with Gasteiger partial charge in [-0.05, 0) is 43.7 Å². The quantitative estimate of drug-likeness (QED) is 0.735. The second kappa shape index (κ2) is 8.12. The number of carbonyl (C=O) groups excluding carboxylic acids is 1. The molecule has 144 valence electrons. The molecule has 4 rings (SSSR count). The molecule has 1 amide bonds. The second-order valence-corrected chi connectivity index (χ2v) is 7.53. The zero-order valence-electron chi connectivity index (χ0n) is 15.3. The number of hydrogen-bond acceptors (Lipinski definition) is 4. The van der Waals surface area contributed by atoms with Crippen molar-refractivity contribution in [3.63, 3.8) is 0 Å². The number of anilines is 1. The van der Waals surface area contributed by atoms with Crippen LogP contribution in [0.15, 0.2) is 59.5 Å². The van der Waals surface area contributed by atoms with Crippen molar-refractivity contribution in [3.05, 3.63) is 75.8 Å². The molecule has 7 heteroatoms. The van der Waals surface area contributed by atoms with Gasteiger partial charge in [0.1, 0.15) is 5.65 Å². The third kappa shape index (κ3) is 4.24. The van der Waals surface area contributed by atoms with Gasteiger partial charge < -0.3 is 5.32 Å². The Hall–Kier alpha value is -2.70. The molecule has 0 saturated carbocycles. The van der Waals surface area contributed by atoms with Gasteiger partial charge in [-0.3, -0.25) is 18.9 Å². The smallest absolute Gasteiger partial charge is 0.258 e. The van der Waals surface area contributed by atoms with E-state index >= 15 is 0 Å². The molecule has 0 bridgehead atoms. The maximum absolute atomic E-state index is 12.6. The summed E-state index contributed by atoms with van der Waals surface area (Å²) < 4.78 is 1.44. The van der Waals surface area contributed by atoms with E-state index < -0.39 is 0 Å². The minimum Gasteiger partial charge on any atom is -0.326 e. The predicted octanol–water partition coefficient (Wildman–Crippen LogP) is 3.20. The Morgan fingerprint density at radius 2 is 2.04 bits per heavy atom. The lowest BCUT2D eigenvalue weighted by Gasteiger charge is -2.31. The highest BCUT2D eigenvalue weighted by molar-refractivity contribution is 6.30. The van der Waals surface area contributed by atoms with Gasteiger partial charge in [0.2, 0.25) is 5.91 Å². The Kier molecular flexibility index (Phi) is 5.41. The first-order chi connectivity index (χ1) is 13.6. The van der Waals surface area contributed by atoms with Crippen molar-refractivity contribution in [2.75, 3.05) is 18.4 Å². The van der Waals surface area contributed by atoms with Crippen LogP contribution in [0.2, 0.25) is 5.02 Å². The van der Waals surface area contributed by atoms with Gasteiger partial charge >= 0.3 is 0 Å². The molecular weight excluding hydrogens is 376 g/mol. The molecular formula is C21H21ClN4O2. The number of nitrogens with one attached hydrogen (secondary N) is 1. The fourth-order valence-electron chi connectivity index (χ4n) is 3.62. The van der Waals surface area contributed by atoms with Crippen molar-refractivity contribution >= 4 is 28.8 Å². The normalized spacial score (nSPS) is 17.5. The first-order valence-corrected chi connectivity index (χ1v) is 9.72. The van der Waals surface area contributed by atoms with E-state index in [9.17, 15) is 9.59 Å². The Bertz CT molecular complexity index is 1050. The summed E-state index contributed by atoms with van der Waals surface area (Å²) in [5.41, 5.74) is 1.93. The van der Waals surface area contributed by atoms with E-state index in [1.807, 2.05) is 30.3 Å². The SMILES string of the molecule is O=C(Nc1ccccc1)C1CCCN(Cc2cc(=O)n3cc(Cl)ccc3n2)C1. The van der Waals surface area contributed by atoms with Crippen LogP contribution in [0.4, 0.5) is 5.69 Å². The number of para-hydroxylation sites is 1. The van der Waals surface area contributed by atoms with Gasteiger partial charge in [0.15, 0.2) is 0 Å². The van der Waals surface area contributed by atoms with Gasteiger partial charge in [0.25, 0.3) is 5.56 Å². The Balaban J connectivity index is 1.45. The molecule has 1 aliphatic rings. The molecule has 0 aliphatic carbocycles. The van der Waals surface area contributed by atoms with Crippen LogP contribution in [0.25, 0.3) is 5.65 Å². The minimum absolute atomic E-state index is 0.0390. The van der Waals surface area contributed by atoms with Crippen molar-refractivity contribution in [1.29, 1.82) is 0 Å². The fraction of sp³-hybridized carbons (Fsp3) is 0.286. The van der Waals surface area contributed by atoms with Crippen molar-refractivity contribution in [2.45, 2.75) is 19.4 Å². The Labute approximate surface area is 167 Å². The molecule has 6 nitrogen and oxygen atoms in total. The molecule has 1 N–H and O–H groups in total. The third-order valence-electron chi connectivity index (χ3n) is 4.98. The van der Waals surface area contributed by atoms with E-state index in [2.05, 4.69) is 15.2 Å². The van der Waals surface area contributed by atoms with Crippen LogP contribution in [0.5, 0.6) is 0 Å². The summed E-state index contributed by atoms with van der Waals surface area (Å²) in [7, 11) is 0. The number of fused-ring (bicyclic) bond motifs is 1. The van der Waals surface area contributed by atoms with E-state index in [-0.39, 0.29) is 17.4 Å². The average molecular weight is 397 g/mol. The van der Waals surface area contributed by atoms with Crippen LogP contribution in [0.3, 0.4) is 0 Å². The first-order valence-electron chi connectivity index (χ1n) is 9.34. The van der Waals surface area contributed by atoms with Crippen molar-refractivity contribution in [3.8, 4) is 0 Å². The van der Waals surface area contributed by atoms with Gasteiger partial charge in [0.05, 0.1) is 16.6 Å². The highest BCUT2D eigenvalue weighted by Crippen LogP contribution is 2.20. The lowest BCUT2D eigenvalue weighted by molar-refractivity contribution is -0.121. The second-order valence-electron chi connectivity index (χ2n) is 7.09.